The van der Waals surface area contributed by atoms with Gasteiger partial charge < -0.3 is 9.80 Å². The minimum Gasteiger partial charge on any atom is -0.368 e. The highest BCUT2D eigenvalue weighted by atomic mass is 35.5. The monoisotopic (exact) mass is 396 g/mol. The molecule has 4 rings (SSSR count). The molecule has 8 heteroatoms. The summed E-state index contributed by atoms with van der Waals surface area (Å²) in [5.74, 6) is -0.0659. The topological polar surface area (TPSA) is 79.6 Å². The maximum Gasteiger partial charge on any atom is 0.269 e. The second kappa shape index (κ2) is 7.44. The molecule has 7 nitrogen and oxygen atoms in total. The largest absolute Gasteiger partial charge is 0.368 e. The number of piperazine rings is 1. The van der Waals surface area contributed by atoms with Crippen molar-refractivity contribution in [1.82, 2.24) is 9.88 Å². The van der Waals surface area contributed by atoms with Crippen LogP contribution >= 0.6 is 11.6 Å². The third-order valence-corrected chi connectivity index (χ3v) is 5.10. The summed E-state index contributed by atoms with van der Waals surface area (Å²) in [6.45, 7) is 2.43. The van der Waals surface area contributed by atoms with Crippen LogP contribution in [0.3, 0.4) is 0 Å². The lowest BCUT2D eigenvalue weighted by Gasteiger charge is -2.36. The van der Waals surface area contributed by atoms with Gasteiger partial charge in [0.2, 0.25) is 0 Å². The van der Waals surface area contributed by atoms with Gasteiger partial charge in [0.05, 0.1) is 16.0 Å². The molecule has 2 heterocycles. The van der Waals surface area contributed by atoms with Crippen molar-refractivity contribution in [2.45, 2.75) is 0 Å². The average Bonchev–Trinajstić information content (AvgIpc) is 2.73. The Labute approximate surface area is 166 Å². The molecule has 2 aromatic carbocycles. The van der Waals surface area contributed by atoms with E-state index in [0.29, 0.717) is 42.4 Å². The number of carbonyl (C=O) groups excluding carboxylic acids is 1. The number of aromatic nitrogens is 1. The fourth-order valence-electron chi connectivity index (χ4n) is 3.44. The van der Waals surface area contributed by atoms with Crippen molar-refractivity contribution in [1.29, 1.82) is 0 Å². The molecule has 1 aliphatic heterocycles. The minimum absolute atomic E-state index is 0.0659. The molecule has 1 saturated heterocycles. The fourth-order valence-corrected chi connectivity index (χ4v) is 3.64. The quantitative estimate of drug-likeness (QED) is 0.382. The molecular weight excluding hydrogens is 380 g/mol. The molecule has 0 bridgehead atoms. The maximum atomic E-state index is 13.1. The second-order valence-corrected chi connectivity index (χ2v) is 6.95. The number of amides is 1. The molecular formula is C20H17ClN4O3. The number of nitrogens with zero attached hydrogens (tertiary/aromatic N) is 4. The van der Waals surface area contributed by atoms with Gasteiger partial charge in [0.25, 0.3) is 11.6 Å². The predicted octanol–water partition coefficient (Wildman–Crippen LogP) is 3.76. The summed E-state index contributed by atoms with van der Waals surface area (Å²) in [4.78, 5) is 31.7. The number of anilines is 1. The summed E-state index contributed by atoms with van der Waals surface area (Å²) >= 11 is 6.11. The summed E-state index contributed by atoms with van der Waals surface area (Å²) in [6, 6.07) is 15.6. The number of fused-ring (bicyclic) bond motifs is 1. The normalized spacial score (nSPS) is 14.3. The first-order chi connectivity index (χ1) is 13.5. The summed E-state index contributed by atoms with van der Waals surface area (Å²) in [6.07, 6.45) is 0. The number of para-hydroxylation sites is 1. The lowest BCUT2D eigenvalue weighted by Crippen LogP contribution is -2.48. The number of rotatable bonds is 3. The van der Waals surface area contributed by atoms with Crippen LogP contribution in [-0.2, 0) is 0 Å². The number of non-ortho nitro benzene ring substituents is 1. The van der Waals surface area contributed by atoms with E-state index in [0.717, 1.165) is 11.1 Å². The summed E-state index contributed by atoms with van der Waals surface area (Å²) in [5.41, 5.74) is 2.23. The van der Waals surface area contributed by atoms with Gasteiger partial charge in [-0.3, -0.25) is 14.9 Å². The number of nitro benzene ring substituents is 1. The Balaban J connectivity index is 1.49. The minimum atomic E-state index is -0.412. The maximum absolute atomic E-state index is 13.1. The van der Waals surface area contributed by atoms with Crippen LogP contribution in [0.1, 0.15) is 10.4 Å². The fraction of sp³-hybridized carbons (Fsp3) is 0.200. The van der Waals surface area contributed by atoms with Gasteiger partial charge in [-0.2, -0.15) is 0 Å². The highest BCUT2D eigenvalue weighted by molar-refractivity contribution is 6.30. The zero-order valence-corrected chi connectivity index (χ0v) is 15.7. The summed E-state index contributed by atoms with van der Waals surface area (Å²) < 4.78 is 0. The zero-order valence-electron chi connectivity index (χ0n) is 14.9. The van der Waals surface area contributed by atoms with Crippen molar-refractivity contribution in [2.24, 2.45) is 0 Å². The van der Waals surface area contributed by atoms with E-state index >= 15 is 0 Å². The molecule has 0 saturated carbocycles. The van der Waals surface area contributed by atoms with Gasteiger partial charge in [0.1, 0.15) is 5.15 Å². The van der Waals surface area contributed by atoms with E-state index in [-0.39, 0.29) is 11.6 Å². The van der Waals surface area contributed by atoms with Gasteiger partial charge in [0.15, 0.2) is 0 Å². The number of benzene rings is 2. The van der Waals surface area contributed by atoms with Crippen molar-refractivity contribution in [2.75, 3.05) is 31.1 Å². The molecule has 0 N–H and O–H groups in total. The van der Waals surface area contributed by atoms with E-state index in [9.17, 15) is 14.9 Å². The van der Waals surface area contributed by atoms with Gasteiger partial charge in [-0.05, 0) is 24.3 Å². The highest BCUT2D eigenvalue weighted by Crippen LogP contribution is 2.24. The molecule has 28 heavy (non-hydrogen) atoms. The standard InChI is InChI=1S/C20H17ClN4O3/c21-19-13-17(16-3-1-2-4-18(16)22-19)20(26)24-11-9-23(10-12-24)14-5-7-15(8-6-14)25(27)28/h1-8,13H,9-12H2. The van der Waals surface area contributed by atoms with Crippen LogP contribution < -0.4 is 4.90 Å². The number of halogens is 1. The first kappa shape index (κ1) is 18.2. The van der Waals surface area contributed by atoms with Gasteiger partial charge in [-0.15, -0.1) is 0 Å². The predicted molar refractivity (Wildman–Crippen MR) is 108 cm³/mol. The molecule has 0 atom stereocenters. The van der Waals surface area contributed by atoms with Crippen LogP contribution in [0.4, 0.5) is 11.4 Å². The zero-order chi connectivity index (χ0) is 19.7. The summed E-state index contributed by atoms with van der Waals surface area (Å²) in [5, 5.41) is 11.9. The number of pyridine rings is 1. The van der Waals surface area contributed by atoms with E-state index in [1.807, 2.05) is 24.3 Å². The lowest BCUT2D eigenvalue weighted by molar-refractivity contribution is -0.384. The van der Waals surface area contributed by atoms with Crippen molar-refractivity contribution < 1.29 is 9.72 Å². The Bertz CT molecular complexity index is 1050. The van der Waals surface area contributed by atoms with E-state index in [1.54, 1.807) is 23.1 Å². The Morgan fingerprint density at radius 3 is 2.39 bits per heavy atom. The van der Waals surface area contributed by atoms with Crippen LogP contribution in [0.15, 0.2) is 54.6 Å². The Morgan fingerprint density at radius 2 is 1.71 bits per heavy atom. The average molecular weight is 397 g/mol. The van der Waals surface area contributed by atoms with Crippen LogP contribution in [-0.4, -0.2) is 46.9 Å². The molecule has 1 amide bonds. The molecule has 1 fully saturated rings. The Kier molecular flexibility index (Phi) is 4.83. The SMILES string of the molecule is O=C(c1cc(Cl)nc2ccccc12)N1CCN(c2ccc([N+](=O)[O-])cc2)CC1. The van der Waals surface area contributed by atoms with Gasteiger partial charge in [-0.1, -0.05) is 29.8 Å². The van der Waals surface area contributed by atoms with E-state index in [2.05, 4.69) is 9.88 Å². The Hall–Kier alpha value is -3.19. The second-order valence-electron chi connectivity index (χ2n) is 6.56. The molecule has 1 aromatic heterocycles. The van der Waals surface area contributed by atoms with Crippen LogP contribution in [0.2, 0.25) is 5.15 Å². The molecule has 0 aliphatic carbocycles. The summed E-state index contributed by atoms with van der Waals surface area (Å²) in [7, 11) is 0. The Morgan fingerprint density at radius 1 is 1.04 bits per heavy atom. The van der Waals surface area contributed by atoms with E-state index in [1.165, 1.54) is 12.1 Å². The number of carbonyl (C=O) groups is 1. The van der Waals surface area contributed by atoms with Crippen molar-refractivity contribution in [3.8, 4) is 0 Å². The molecule has 1 aliphatic rings. The molecule has 0 spiro atoms. The number of hydrogen-bond donors (Lipinski definition) is 0. The first-order valence-corrected chi connectivity index (χ1v) is 9.25. The lowest BCUT2D eigenvalue weighted by atomic mass is 10.1. The van der Waals surface area contributed by atoms with Crippen LogP contribution in [0, 0.1) is 10.1 Å². The van der Waals surface area contributed by atoms with E-state index in [4.69, 9.17) is 11.6 Å². The molecule has 0 radical (unpaired) electrons. The smallest absolute Gasteiger partial charge is 0.269 e. The van der Waals surface area contributed by atoms with Gasteiger partial charge in [-0.25, -0.2) is 4.98 Å². The molecule has 3 aromatic rings. The van der Waals surface area contributed by atoms with E-state index < -0.39 is 4.92 Å². The number of nitro groups is 1. The van der Waals surface area contributed by atoms with Gasteiger partial charge in [0, 0.05) is 49.4 Å². The van der Waals surface area contributed by atoms with Crippen LogP contribution in [0.5, 0.6) is 0 Å². The third-order valence-electron chi connectivity index (χ3n) is 4.91. The first-order valence-electron chi connectivity index (χ1n) is 8.87. The van der Waals surface area contributed by atoms with Crippen molar-refractivity contribution in [3.05, 3.63) is 75.4 Å². The third kappa shape index (κ3) is 3.48. The number of hydrogen-bond acceptors (Lipinski definition) is 5. The van der Waals surface area contributed by atoms with Gasteiger partial charge >= 0.3 is 0 Å². The van der Waals surface area contributed by atoms with Crippen molar-refractivity contribution >= 4 is 39.8 Å². The van der Waals surface area contributed by atoms with Crippen LogP contribution in [0.25, 0.3) is 10.9 Å². The highest BCUT2D eigenvalue weighted by Gasteiger charge is 2.24. The molecule has 142 valence electrons. The molecule has 0 unspecified atom stereocenters. The van der Waals surface area contributed by atoms with Crippen molar-refractivity contribution in [3.63, 3.8) is 0 Å².